The van der Waals surface area contributed by atoms with Crippen LogP contribution in [0.3, 0.4) is 0 Å². The maximum Gasteiger partial charge on any atom is 0.270 e. The van der Waals surface area contributed by atoms with Crippen LogP contribution >= 0.6 is 11.6 Å². The number of amides is 1. The van der Waals surface area contributed by atoms with E-state index in [2.05, 4.69) is 15.3 Å². The molecule has 1 aromatic carbocycles. The molecule has 0 radical (unpaired) electrons. The Morgan fingerprint density at radius 3 is 2.70 bits per heavy atom. The van der Waals surface area contributed by atoms with Crippen molar-refractivity contribution in [1.29, 1.82) is 0 Å². The fourth-order valence-electron chi connectivity index (χ4n) is 2.14. The molecule has 1 amide bonds. The predicted octanol–water partition coefficient (Wildman–Crippen LogP) is 2.85. The predicted molar refractivity (Wildman–Crippen MR) is 89.5 cm³/mol. The maximum atomic E-state index is 12.2. The Morgan fingerprint density at radius 2 is 2.04 bits per heavy atom. The Kier molecular flexibility index (Phi) is 6.07. The summed E-state index contributed by atoms with van der Waals surface area (Å²) in [7, 11) is 0. The summed E-state index contributed by atoms with van der Waals surface area (Å²) in [5.41, 5.74) is 1.89. The van der Waals surface area contributed by atoms with Gasteiger partial charge in [-0.3, -0.25) is 4.79 Å². The number of nitrogens with one attached hydrogen (secondary N) is 1. The van der Waals surface area contributed by atoms with Crippen molar-refractivity contribution in [3.8, 4) is 0 Å². The molecule has 122 valence electrons. The molecule has 0 aliphatic heterocycles. The molecule has 6 heteroatoms. The summed E-state index contributed by atoms with van der Waals surface area (Å²) >= 11 is 5.82. The second-order valence-corrected chi connectivity index (χ2v) is 5.72. The van der Waals surface area contributed by atoms with E-state index in [9.17, 15) is 9.90 Å². The van der Waals surface area contributed by atoms with Crippen LogP contribution in [0.4, 0.5) is 0 Å². The van der Waals surface area contributed by atoms with Gasteiger partial charge in [-0.2, -0.15) is 0 Å². The summed E-state index contributed by atoms with van der Waals surface area (Å²) in [6.45, 7) is 4.10. The number of aliphatic hydroxyl groups is 1. The first-order chi connectivity index (χ1) is 11.0. The molecular formula is C17H20ClN3O2. The highest BCUT2D eigenvalue weighted by atomic mass is 35.5. The first-order valence-corrected chi connectivity index (χ1v) is 7.93. The van der Waals surface area contributed by atoms with Gasteiger partial charge >= 0.3 is 0 Å². The second kappa shape index (κ2) is 8.04. The molecule has 1 heterocycles. The molecule has 0 aliphatic rings. The number of aryl methyl sites for hydroxylation is 2. The van der Waals surface area contributed by atoms with Crippen molar-refractivity contribution >= 4 is 17.5 Å². The van der Waals surface area contributed by atoms with Gasteiger partial charge in [-0.05, 0) is 36.6 Å². The highest BCUT2D eigenvalue weighted by Crippen LogP contribution is 2.18. The number of carbonyl (C=O) groups is 1. The summed E-state index contributed by atoms with van der Waals surface area (Å²) in [4.78, 5) is 20.6. The molecule has 2 rings (SSSR count). The smallest absolute Gasteiger partial charge is 0.270 e. The van der Waals surface area contributed by atoms with Gasteiger partial charge < -0.3 is 10.4 Å². The molecule has 23 heavy (non-hydrogen) atoms. The normalized spacial score (nSPS) is 12.0. The zero-order valence-electron chi connectivity index (χ0n) is 13.2. The average molecular weight is 334 g/mol. The largest absolute Gasteiger partial charge is 0.388 e. The van der Waals surface area contributed by atoms with Gasteiger partial charge in [0.05, 0.1) is 6.10 Å². The van der Waals surface area contributed by atoms with E-state index in [4.69, 9.17) is 11.6 Å². The van der Waals surface area contributed by atoms with Crippen molar-refractivity contribution in [1.82, 2.24) is 15.3 Å². The third-order valence-electron chi connectivity index (χ3n) is 3.51. The minimum atomic E-state index is -0.648. The van der Waals surface area contributed by atoms with Gasteiger partial charge in [-0.1, -0.05) is 30.7 Å². The lowest BCUT2D eigenvalue weighted by molar-refractivity contribution is 0.0936. The molecule has 1 atom stereocenters. The minimum Gasteiger partial charge on any atom is -0.388 e. The molecule has 0 unspecified atom stereocenters. The number of rotatable bonds is 6. The Balaban J connectivity index is 1.90. The highest BCUT2D eigenvalue weighted by Gasteiger charge is 2.13. The molecule has 0 aliphatic carbocycles. The van der Waals surface area contributed by atoms with Gasteiger partial charge in [-0.25, -0.2) is 9.97 Å². The SMILES string of the molecule is CCc1ncc(C)c(C(=O)NCC[C@H](O)c2ccc(Cl)cc2)n1. The third kappa shape index (κ3) is 4.74. The molecule has 5 nitrogen and oxygen atoms in total. The second-order valence-electron chi connectivity index (χ2n) is 5.28. The first-order valence-electron chi connectivity index (χ1n) is 7.55. The van der Waals surface area contributed by atoms with E-state index in [1.165, 1.54) is 0 Å². The third-order valence-corrected chi connectivity index (χ3v) is 3.76. The minimum absolute atomic E-state index is 0.247. The molecule has 0 fully saturated rings. The monoisotopic (exact) mass is 333 g/mol. The zero-order valence-corrected chi connectivity index (χ0v) is 14.0. The van der Waals surface area contributed by atoms with Crippen LogP contribution in [-0.2, 0) is 6.42 Å². The summed E-state index contributed by atoms with van der Waals surface area (Å²) in [5.74, 6) is 0.393. The lowest BCUT2D eigenvalue weighted by atomic mass is 10.1. The van der Waals surface area contributed by atoms with Crippen molar-refractivity contribution in [2.45, 2.75) is 32.8 Å². The van der Waals surface area contributed by atoms with Crippen molar-refractivity contribution in [3.63, 3.8) is 0 Å². The lowest BCUT2D eigenvalue weighted by Crippen LogP contribution is -2.27. The molecule has 2 aromatic rings. The standard InChI is InChI=1S/C17H20ClN3O2/c1-3-15-20-10-11(2)16(21-15)17(23)19-9-8-14(22)12-4-6-13(18)7-5-12/h4-7,10,14,22H,3,8-9H2,1-2H3,(H,19,23)/t14-/m0/s1. The van der Waals surface area contributed by atoms with E-state index in [0.717, 1.165) is 11.1 Å². The van der Waals surface area contributed by atoms with Gasteiger partial charge in [-0.15, -0.1) is 0 Å². The molecule has 0 spiro atoms. The summed E-state index contributed by atoms with van der Waals surface area (Å²) in [6.07, 6.45) is 2.10. The summed E-state index contributed by atoms with van der Waals surface area (Å²) < 4.78 is 0. The molecule has 0 saturated heterocycles. The van der Waals surface area contributed by atoms with E-state index >= 15 is 0 Å². The van der Waals surface area contributed by atoms with Crippen LogP contribution in [0, 0.1) is 6.92 Å². The molecule has 2 N–H and O–H groups in total. The summed E-state index contributed by atoms with van der Waals surface area (Å²) in [6, 6.07) is 7.01. The Morgan fingerprint density at radius 1 is 1.35 bits per heavy atom. The van der Waals surface area contributed by atoms with Crippen molar-refractivity contribution in [2.24, 2.45) is 0 Å². The number of halogens is 1. The van der Waals surface area contributed by atoms with Crippen LogP contribution in [0.5, 0.6) is 0 Å². The van der Waals surface area contributed by atoms with Gasteiger partial charge in [0.1, 0.15) is 11.5 Å². The molecular weight excluding hydrogens is 314 g/mol. The van der Waals surface area contributed by atoms with E-state index in [0.29, 0.717) is 35.9 Å². The first kappa shape index (κ1) is 17.4. The molecule has 0 saturated carbocycles. The van der Waals surface area contributed by atoms with E-state index in [1.807, 2.05) is 6.92 Å². The molecule has 1 aromatic heterocycles. The van der Waals surface area contributed by atoms with Crippen LogP contribution in [0.2, 0.25) is 5.02 Å². The number of hydrogen-bond donors (Lipinski definition) is 2. The van der Waals surface area contributed by atoms with Crippen LogP contribution < -0.4 is 5.32 Å². The number of benzene rings is 1. The maximum absolute atomic E-state index is 12.2. The number of aromatic nitrogens is 2. The van der Waals surface area contributed by atoms with Gasteiger partial charge in [0.15, 0.2) is 0 Å². The zero-order chi connectivity index (χ0) is 16.8. The van der Waals surface area contributed by atoms with Crippen molar-refractivity contribution < 1.29 is 9.90 Å². The lowest BCUT2D eigenvalue weighted by Gasteiger charge is -2.12. The van der Waals surface area contributed by atoms with Crippen LogP contribution in [0.15, 0.2) is 30.5 Å². The Labute approximate surface area is 140 Å². The van der Waals surface area contributed by atoms with Gasteiger partial charge in [0, 0.05) is 24.2 Å². The number of hydrogen-bond acceptors (Lipinski definition) is 4. The quantitative estimate of drug-likeness (QED) is 0.852. The topological polar surface area (TPSA) is 75.1 Å². The number of nitrogens with zero attached hydrogens (tertiary/aromatic N) is 2. The number of carbonyl (C=O) groups excluding carboxylic acids is 1. The summed E-state index contributed by atoms with van der Waals surface area (Å²) in [5, 5.41) is 13.5. The molecule has 0 bridgehead atoms. The highest BCUT2D eigenvalue weighted by molar-refractivity contribution is 6.30. The van der Waals surface area contributed by atoms with Crippen molar-refractivity contribution in [3.05, 3.63) is 58.1 Å². The Bertz CT molecular complexity index is 674. The van der Waals surface area contributed by atoms with Gasteiger partial charge in [0.2, 0.25) is 0 Å². The van der Waals surface area contributed by atoms with Crippen LogP contribution in [-0.4, -0.2) is 27.5 Å². The Hall–Kier alpha value is -1.98. The fourth-order valence-corrected chi connectivity index (χ4v) is 2.26. The van der Waals surface area contributed by atoms with Crippen LogP contribution in [0.1, 0.15) is 46.9 Å². The fraction of sp³-hybridized carbons (Fsp3) is 0.353. The van der Waals surface area contributed by atoms with E-state index in [-0.39, 0.29) is 5.91 Å². The van der Waals surface area contributed by atoms with Gasteiger partial charge in [0.25, 0.3) is 5.91 Å². The van der Waals surface area contributed by atoms with Crippen molar-refractivity contribution in [2.75, 3.05) is 6.54 Å². The average Bonchev–Trinajstić information content (AvgIpc) is 2.55. The van der Waals surface area contributed by atoms with E-state index in [1.54, 1.807) is 37.4 Å². The number of aliphatic hydroxyl groups excluding tert-OH is 1. The van der Waals surface area contributed by atoms with Crippen LogP contribution in [0.25, 0.3) is 0 Å². The van der Waals surface area contributed by atoms with E-state index < -0.39 is 6.10 Å².